The van der Waals surface area contributed by atoms with Crippen LogP contribution >= 0.6 is 0 Å². The summed E-state index contributed by atoms with van der Waals surface area (Å²) in [5.74, 6) is 0.294. The Morgan fingerprint density at radius 2 is 2.32 bits per heavy atom. The molecule has 1 aliphatic rings. The zero-order valence-electron chi connectivity index (χ0n) is 11.4. The van der Waals surface area contributed by atoms with Crippen LogP contribution in [-0.4, -0.2) is 37.3 Å². The van der Waals surface area contributed by atoms with Gasteiger partial charge >= 0.3 is 0 Å². The number of nitrogens with two attached hydrogens (primary N) is 1. The van der Waals surface area contributed by atoms with Gasteiger partial charge in [-0.2, -0.15) is 0 Å². The van der Waals surface area contributed by atoms with Gasteiger partial charge in [0, 0.05) is 19.2 Å². The number of aliphatic hydroxyl groups excluding tert-OH is 1. The second kappa shape index (κ2) is 5.48. The minimum absolute atomic E-state index is 0.0715. The van der Waals surface area contributed by atoms with Crippen molar-refractivity contribution < 1.29 is 9.90 Å². The fourth-order valence-electron chi connectivity index (χ4n) is 2.66. The first-order valence-electron chi connectivity index (χ1n) is 6.57. The molecule has 0 aromatic heterocycles. The lowest BCUT2D eigenvalue weighted by molar-refractivity contribution is 0.0963. The summed E-state index contributed by atoms with van der Waals surface area (Å²) in [7, 11) is 1.60. The van der Waals surface area contributed by atoms with Crippen molar-refractivity contribution >= 4 is 17.3 Å². The molecule has 0 radical (unpaired) electrons. The summed E-state index contributed by atoms with van der Waals surface area (Å²) in [5, 5.41) is 12.1. The number of amides is 1. The predicted octanol–water partition coefficient (Wildman–Crippen LogP) is 0.835. The molecule has 2 unspecified atom stereocenters. The number of anilines is 2. The van der Waals surface area contributed by atoms with Gasteiger partial charge in [0.15, 0.2) is 0 Å². The van der Waals surface area contributed by atoms with Crippen molar-refractivity contribution in [2.24, 2.45) is 5.92 Å². The number of carbonyl (C=O) groups is 1. The van der Waals surface area contributed by atoms with Gasteiger partial charge < -0.3 is 21.1 Å². The lowest BCUT2D eigenvalue weighted by Gasteiger charge is -2.28. The Hall–Kier alpha value is -1.75. The van der Waals surface area contributed by atoms with Crippen molar-refractivity contribution in [3.63, 3.8) is 0 Å². The van der Waals surface area contributed by atoms with Gasteiger partial charge in [0.25, 0.3) is 5.91 Å². The molecule has 1 aliphatic heterocycles. The molecule has 5 nitrogen and oxygen atoms in total. The van der Waals surface area contributed by atoms with Crippen LogP contribution in [0.15, 0.2) is 18.2 Å². The van der Waals surface area contributed by atoms with E-state index in [4.69, 9.17) is 5.73 Å². The minimum atomic E-state index is -0.131. The van der Waals surface area contributed by atoms with Crippen molar-refractivity contribution in [1.82, 2.24) is 5.32 Å². The van der Waals surface area contributed by atoms with Gasteiger partial charge in [-0.1, -0.05) is 6.92 Å². The predicted molar refractivity (Wildman–Crippen MR) is 76.2 cm³/mol. The molecular formula is C14H21N3O2. The molecule has 104 valence electrons. The van der Waals surface area contributed by atoms with Gasteiger partial charge in [-0.3, -0.25) is 4.79 Å². The number of benzene rings is 1. The SMILES string of the molecule is CNC(=O)c1ccc(N)c(N2CCC(C)C2CO)c1. The van der Waals surface area contributed by atoms with Crippen molar-refractivity contribution in [3.05, 3.63) is 23.8 Å². The molecule has 1 fully saturated rings. The van der Waals surface area contributed by atoms with Crippen molar-refractivity contribution in [2.75, 3.05) is 30.8 Å². The maximum Gasteiger partial charge on any atom is 0.251 e. The summed E-state index contributed by atoms with van der Waals surface area (Å²) in [6, 6.07) is 5.33. The molecule has 1 heterocycles. The number of nitrogens with one attached hydrogen (secondary N) is 1. The number of aliphatic hydroxyl groups is 1. The summed E-state index contributed by atoms with van der Waals surface area (Å²) < 4.78 is 0. The molecule has 4 N–H and O–H groups in total. The van der Waals surface area contributed by atoms with Gasteiger partial charge in [-0.05, 0) is 30.5 Å². The quantitative estimate of drug-likeness (QED) is 0.706. The molecule has 1 aromatic rings. The van der Waals surface area contributed by atoms with E-state index in [2.05, 4.69) is 17.1 Å². The first-order valence-corrected chi connectivity index (χ1v) is 6.57. The molecule has 2 atom stereocenters. The van der Waals surface area contributed by atoms with E-state index >= 15 is 0 Å². The first-order chi connectivity index (χ1) is 9.08. The molecule has 0 aliphatic carbocycles. The van der Waals surface area contributed by atoms with Gasteiger partial charge in [0.05, 0.1) is 24.0 Å². The number of rotatable bonds is 3. The standard InChI is InChI=1S/C14H21N3O2/c1-9-5-6-17(13(9)8-18)12-7-10(14(19)16-2)3-4-11(12)15/h3-4,7,9,13,18H,5-6,8,15H2,1-2H3,(H,16,19). The lowest BCUT2D eigenvalue weighted by atomic mass is 10.0. The molecule has 0 spiro atoms. The van der Waals surface area contributed by atoms with Crippen molar-refractivity contribution in [1.29, 1.82) is 0 Å². The summed E-state index contributed by atoms with van der Waals surface area (Å²) in [6.45, 7) is 3.08. The highest BCUT2D eigenvalue weighted by molar-refractivity contribution is 5.96. The maximum absolute atomic E-state index is 11.7. The fraction of sp³-hybridized carbons (Fsp3) is 0.500. The number of nitrogen functional groups attached to an aromatic ring is 1. The van der Waals surface area contributed by atoms with E-state index in [9.17, 15) is 9.90 Å². The average molecular weight is 263 g/mol. The molecule has 1 saturated heterocycles. The first kappa shape index (κ1) is 13.7. The fourth-order valence-corrected chi connectivity index (χ4v) is 2.66. The van der Waals surface area contributed by atoms with E-state index < -0.39 is 0 Å². The molecule has 1 amide bonds. The zero-order chi connectivity index (χ0) is 14.0. The third-order valence-corrected chi connectivity index (χ3v) is 3.90. The van der Waals surface area contributed by atoms with Gasteiger partial charge in [-0.25, -0.2) is 0 Å². The third-order valence-electron chi connectivity index (χ3n) is 3.90. The van der Waals surface area contributed by atoms with Crippen LogP contribution in [0.5, 0.6) is 0 Å². The Bertz CT molecular complexity index is 476. The van der Waals surface area contributed by atoms with Crippen LogP contribution in [0.4, 0.5) is 11.4 Å². The van der Waals surface area contributed by atoms with Crippen LogP contribution in [-0.2, 0) is 0 Å². The van der Waals surface area contributed by atoms with Crippen LogP contribution in [0.3, 0.4) is 0 Å². The van der Waals surface area contributed by atoms with Crippen molar-refractivity contribution in [2.45, 2.75) is 19.4 Å². The molecule has 0 saturated carbocycles. The Labute approximate surface area is 113 Å². The van der Waals surface area contributed by atoms with Crippen LogP contribution in [0.1, 0.15) is 23.7 Å². The molecule has 0 bridgehead atoms. The Morgan fingerprint density at radius 3 is 2.95 bits per heavy atom. The number of carbonyl (C=O) groups excluding carboxylic acids is 1. The molecule has 1 aromatic carbocycles. The highest BCUT2D eigenvalue weighted by atomic mass is 16.3. The van der Waals surface area contributed by atoms with Crippen LogP contribution in [0, 0.1) is 5.92 Å². The third kappa shape index (κ3) is 2.51. The van der Waals surface area contributed by atoms with E-state index in [0.717, 1.165) is 18.7 Å². The monoisotopic (exact) mass is 263 g/mol. The van der Waals surface area contributed by atoms with Gasteiger partial charge in [-0.15, -0.1) is 0 Å². The van der Waals surface area contributed by atoms with E-state index in [0.29, 0.717) is 17.2 Å². The Kier molecular flexibility index (Phi) is 3.95. The molecule has 5 heteroatoms. The summed E-state index contributed by atoms with van der Waals surface area (Å²) in [6.07, 6.45) is 1.02. The normalized spacial score (nSPS) is 22.6. The van der Waals surface area contributed by atoms with E-state index in [1.807, 2.05) is 0 Å². The van der Waals surface area contributed by atoms with E-state index in [1.54, 1.807) is 25.2 Å². The molecule has 19 heavy (non-hydrogen) atoms. The summed E-state index contributed by atoms with van der Waals surface area (Å²) in [4.78, 5) is 13.8. The van der Waals surface area contributed by atoms with E-state index in [1.165, 1.54) is 0 Å². The highest BCUT2D eigenvalue weighted by Crippen LogP contribution is 2.33. The molecular weight excluding hydrogens is 242 g/mol. The van der Waals surface area contributed by atoms with Crippen molar-refractivity contribution in [3.8, 4) is 0 Å². The number of hydrogen-bond donors (Lipinski definition) is 3. The van der Waals surface area contributed by atoms with Crippen LogP contribution < -0.4 is 16.0 Å². The van der Waals surface area contributed by atoms with Gasteiger partial charge in [0.2, 0.25) is 0 Å². The molecule has 2 rings (SSSR count). The zero-order valence-corrected chi connectivity index (χ0v) is 11.4. The second-order valence-corrected chi connectivity index (χ2v) is 5.06. The Morgan fingerprint density at radius 1 is 1.58 bits per heavy atom. The van der Waals surface area contributed by atoms with E-state index in [-0.39, 0.29) is 18.6 Å². The smallest absolute Gasteiger partial charge is 0.251 e. The maximum atomic E-state index is 11.7. The summed E-state index contributed by atoms with van der Waals surface area (Å²) in [5.41, 5.74) is 8.08. The topological polar surface area (TPSA) is 78.6 Å². The number of nitrogens with zero attached hydrogens (tertiary/aromatic N) is 1. The highest BCUT2D eigenvalue weighted by Gasteiger charge is 2.31. The largest absolute Gasteiger partial charge is 0.397 e. The Balaban J connectivity index is 2.36. The minimum Gasteiger partial charge on any atom is -0.397 e. The second-order valence-electron chi connectivity index (χ2n) is 5.06. The van der Waals surface area contributed by atoms with Gasteiger partial charge in [0.1, 0.15) is 0 Å². The van der Waals surface area contributed by atoms with Crippen LogP contribution in [0.25, 0.3) is 0 Å². The number of hydrogen-bond acceptors (Lipinski definition) is 4. The summed E-state index contributed by atoms with van der Waals surface area (Å²) >= 11 is 0. The lowest BCUT2D eigenvalue weighted by Crippen LogP contribution is -2.35. The van der Waals surface area contributed by atoms with Crippen LogP contribution in [0.2, 0.25) is 0 Å². The average Bonchev–Trinajstić information content (AvgIpc) is 2.79.